The number of ether oxygens (including phenoxy) is 1. The van der Waals surface area contributed by atoms with E-state index in [2.05, 4.69) is 39.0 Å². The lowest BCUT2D eigenvalue weighted by molar-refractivity contribution is 0.0981. The van der Waals surface area contributed by atoms with Gasteiger partial charge in [0, 0.05) is 25.0 Å². The highest BCUT2D eigenvalue weighted by Gasteiger charge is 2.41. The summed E-state index contributed by atoms with van der Waals surface area (Å²) in [6.07, 6.45) is 16.8. The van der Waals surface area contributed by atoms with Crippen LogP contribution in [-0.4, -0.2) is 47.2 Å². The summed E-state index contributed by atoms with van der Waals surface area (Å²) >= 11 is 6.33. The molecular formula is C34H45ClN6O4S. The molecule has 0 bridgehead atoms. The molecule has 0 spiro atoms. The number of halogens is 1. The Bertz CT molecular complexity index is 1610. The smallest absolute Gasteiger partial charge is 0.268 e. The number of amides is 1. The molecule has 0 aliphatic heterocycles. The molecule has 3 aliphatic rings. The van der Waals surface area contributed by atoms with Gasteiger partial charge in [-0.3, -0.25) is 4.79 Å². The average molecular weight is 669 g/mol. The van der Waals surface area contributed by atoms with Gasteiger partial charge in [-0.2, -0.15) is 0 Å². The van der Waals surface area contributed by atoms with Crippen LogP contribution in [0, 0.1) is 29.1 Å². The monoisotopic (exact) mass is 668 g/mol. The Hall–Kier alpha value is -3.18. The van der Waals surface area contributed by atoms with Crippen molar-refractivity contribution in [1.29, 1.82) is 0 Å². The Morgan fingerprint density at radius 1 is 1.09 bits per heavy atom. The molecule has 3 saturated carbocycles. The lowest BCUT2D eigenvalue weighted by Gasteiger charge is -2.17. The van der Waals surface area contributed by atoms with Crippen molar-refractivity contribution in [2.24, 2.45) is 29.1 Å². The van der Waals surface area contributed by atoms with E-state index >= 15 is 0 Å². The molecule has 6 rings (SSSR count). The number of carbonyl (C=O) groups excluding carboxylic acids is 1. The number of sulfonamides is 1. The third-order valence-electron chi connectivity index (χ3n) is 9.72. The van der Waals surface area contributed by atoms with Crippen LogP contribution in [0.4, 0.5) is 5.82 Å². The summed E-state index contributed by atoms with van der Waals surface area (Å²) in [6, 6.07) is 7.76. The van der Waals surface area contributed by atoms with Crippen LogP contribution in [0.25, 0.3) is 5.82 Å². The largest absolute Gasteiger partial charge is 0.477 e. The van der Waals surface area contributed by atoms with Crippen LogP contribution in [0.15, 0.2) is 47.6 Å². The zero-order valence-corrected chi connectivity index (χ0v) is 28.3. The number of aromatic nitrogens is 4. The van der Waals surface area contributed by atoms with Gasteiger partial charge in [0.2, 0.25) is 5.88 Å². The molecule has 3 heterocycles. The first kappa shape index (κ1) is 32.7. The van der Waals surface area contributed by atoms with E-state index < -0.39 is 15.9 Å². The molecule has 3 aliphatic carbocycles. The fourth-order valence-electron chi connectivity index (χ4n) is 6.92. The number of rotatable bonds is 16. The predicted octanol–water partition coefficient (Wildman–Crippen LogP) is 7.05. The first-order valence-electron chi connectivity index (χ1n) is 16.7. The van der Waals surface area contributed by atoms with Crippen molar-refractivity contribution in [2.45, 2.75) is 89.4 Å². The summed E-state index contributed by atoms with van der Waals surface area (Å²) in [6.45, 7) is 6.10. The molecule has 1 unspecified atom stereocenters. The maximum atomic E-state index is 12.9. The molecule has 46 heavy (non-hydrogen) atoms. The molecule has 0 saturated heterocycles. The molecular weight excluding hydrogens is 624 g/mol. The Morgan fingerprint density at radius 2 is 1.87 bits per heavy atom. The summed E-state index contributed by atoms with van der Waals surface area (Å²) in [5, 5.41) is 7.54. The van der Waals surface area contributed by atoms with Gasteiger partial charge in [-0.1, -0.05) is 38.3 Å². The van der Waals surface area contributed by atoms with E-state index in [4.69, 9.17) is 16.3 Å². The molecule has 10 nitrogen and oxygen atoms in total. The van der Waals surface area contributed by atoms with Crippen molar-refractivity contribution in [3.8, 4) is 11.7 Å². The van der Waals surface area contributed by atoms with Gasteiger partial charge in [0.1, 0.15) is 15.9 Å². The van der Waals surface area contributed by atoms with E-state index in [-0.39, 0.29) is 15.6 Å². The van der Waals surface area contributed by atoms with Crippen LogP contribution in [0.2, 0.25) is 5.15 Å². The quantitative estimate of drug-likeness (QED) is 0.123. The van der Waals surface area contributed by atoms with Crippen LogP contribution < -0.4 is 14.8 Å². The van der Waals surface area contributed by atoms with Crippen LogP contribution in [0.1, 0.15) is 94.8 Å². The van der Waals surface area contributed by atoms with Gasteiger partial charge < -0.3 is 10.1 Å². The zero-order chi connectivity index (χ0) is 32.3. The van der Waals surface area contributed by atoms with Gasteiger partial charge in [0.25, 0.3) is 15.9 Å². The van der Waals surface area contributed by atoms with Gasteiger partial charge in [-0.05, 0) is 111 Å². The van der Waals surface area contributed by atoms with Crippen molar-refractivity contribution in [3.63, 3.8) is 0 Å². The summed E-state index contributed by atoms with van der Waals surface area (Å²) < 4.78 is 35.3. The van der Waals surface area contributed by atoms with Crippen molar-refractivity contribution in [3.05, 3.63) is 53.4 Å². The Kier molecular flexibility index (Phi) is 9.89. The highest BCUT2D eigenvalue weighted by Crippen LogP contribution is 2.50. The molecule has 3 fully saturated rings. The summed E-state index contributed by atoms with van der Waals surface area (Å²) in [4.78, 5) is 21.3. The molecule has 248 valence electrons. The highest BCUT2D eigenvalue weighted by molar-refractivity contribution is 7.90. The number of hydrogen-bond donors (Lipinski definition) is 2. The first-order valence-corrected chi connectivity index (χ1v) is 18.5. The maximum absolute atomic E-state index is 12.9. The number of nitrogens with one attached hydrogen (secondary N) is 2. The average Bonchev–Trinajstić information content (AvgIpc) is 3.95. The maximum Gasteiger partial charge on any atom is 0.268 e. The number of pyridine rings is 2. The third-order valence-corrected chi connectivity index (χ3v) is 11.3. The number of nitrogens with zero attached hydrogens (tertiary/aromatic N) is 4. The fourth-order valence-corrected chi connectivity index (χ4v) is 8.07. The number of hydrogen-bond acceptors (Lipinski definition) is 8. The van der Waals surface area contributed by atoms with E-state index in [9.17, 15) is 13.2 Å². The Balaban J connectivity index is 0.964. The first-order chi connectivity index (χ1) is 22.1. The van der Waals surface area contributed by atoms with E-state index in [0.29, 0.717) is 29.5 Å². The minimum absolute atomic E-state index is 0.0729. The summed E-state index contributed by atoms with van der Waals surface area (Å²) in [5.41, 5.74) is 0.410. The van der Waals surface area contributed by atoms with Crippen molar-refractivity contribution < 1.29 is 17.9 Å². The fraction of sp³-hybridized carbons (Fsp3) is 0.588. The third kappa shape index (κ3) is 8.59. The Morgan fingerprint density at radius 3 is 2.52 bits per heavy atom. The normalized spacial score (nSPS) is 19.3. The van der Waals surface area contributed by atoms with E-state index in [1.54, 1.807) is 24.4 Å². The SMILES string of the molecule is CC1(C)CCC(CCCCNc2ccc(S(=O)(=O)NC(=O)c3ccc(-n4ccc(OCCC(C5CC5)C5CC5)n4)nc3Cl)cn2)C1. The predicted molar refractivity (Wildman–Crippen MR) is 178 cm³/mol. The molecule has 12 heteroatoms. The number of anilines is 1. The van der Waals surface area contributed by atoms with Crippen LogP contribution in [0.5, 0.6) is 5.88 Å². The van der Waals surface area contributed by atoms with Crippen LogP contribution >= 0.6 is 11.6 Å². The second-order valence-corrected chi connectivity index (χ2v) is 16.1. The standard InChI is InChI=1S/C34H45ClN6O4S/c1-34(2)17-14-23(21-34)5-3-4-18-36-29-12-10-26(22-37-29)46(43,44)40-33(42)28-11-13-30(38-32(28)35)41-19-15-31(39-41)45-20-16-27(24-6-7-24)25-8-9-25/h10-13,15,19,22-25,27H,3-9,14,16-18,20-21H2,1-2H3,(H,36,37)(H,40,42). The van der Waals surface area contributed by atoms with Crippen molar-refractivity contribution in [2.75, 3.05) is 18.5 Å². The molecule has 1 amide bonds. The van der Waals surface area contributed by atoms with Gasteiger partial charge in [0.05, 0.1) is 12.2 Å². The summed E-state index contributed by atoms with van der Waals surface area (Å²) in [5.74, 6) is 3.93. The van der Waals surface area contributed by atoms with Crippen LogP contribution in [0.3, 0.4) is 0 Å². The van der Waals surface area contributed by atoms with Crippen molar-refractivity contribution in [1.82, 2.24) is 24.5 Å². The number of carbonyl (C=O) groups is 1. The van der Waals surface area contributed by atoms with Gasteiger partial charge in [-0.15, -0.1) is 5.10 Å². The van der Waals surface area contributed by atoms with Gasteiger partial charge >= 0.3 is 0 Å². The molecule has 3 aromatic heterocycles. The minimum Gasteiger partial charge on any atom is -0.477 e. The zero-order valence-electron chi connectivity index (χ0n) is 26.8. The lowest BCUT2D eigenvalue weighted by atomic mass is 9.89. The van der Waals surface area contributed by atoms with Crippen LogP contribution in [-0.2, 0) is 10.0 Å². The molecule has 0 radical (unpaired) electrons. The molecule has 3 aromatic rings. The van der Waals surface area contributed by atoms with E-state index in [1.165, 1.54) is 74.4 Å². The topological polar surface area (TPSA) is 128 Å². The lowest BCUT2D eigenvalue weighted by Crippen LogP contribution is -2.31. The minimum atomic E-state index is -4.18. The number of unbranched alkanes of at least 4 members (excludes halogenated alkanes) is 1. The summed E-state index contributed by atoms with van der Waals surface area (Å²) in [7, 11) is -4.18. The van der Waals surface area contributed by atoms with Crippen molar-refractivity contribution >= 4 is 33.3 Å². The molecule has 0 aromatic carbocycles. The van der Waals surface area contributed by atoms with E-state index in [1.807, 2.05) is 0 Å². The molecule has 2 N–H and O–H groups in total. The Labute approximate surface area is 277 Å². The second-order valence-electron chi connectivity index (χ2n) is 14.1. The second kappa shape index (κ2) is 13.9. The van der Waals surface area contributed by atoms with Gasteiger partial charge in [-0.25, -0.2) is 27.8 Å². The highest BCUT2D eigenvalue weighted by atomic mass is 35.5. The molecule has 1 atom stereocenters. The van der Waals surface area contributed by atoms with Gasteiger partial charge in [0.15, 0.2) is 5.82 Å². The van der Waals surface area contributed by atoms with E-state index in [0.717, 1.165) is 49.5 Å².